The van der Waals surface area contributed by atoms with Gasteiger partial charge in [0.15, 0.2) is 0 Å². The molecule has 4 aromatic carbocycles. The molecule has 0 radical (unpaired) electrons. The summed E-state index contributed by atoms with van der Waals surface area (Å²) in [7, 11) is -4.17. The first kappa shape index (κ1) is 113. The predicted octanol–water partition coefficient (Wildman–Crippen LogP) is 7.01. The molecule has 786 valence electrons. The number of benzene rings is 4. The molecule has 11 rings (SSSR count). The van der Waals surface area contributed by atoms with Crippen molar-refractivity contribution < 1.29 is 108 Å². The van der Waals surface area contributed by atoms with Crippen molar-refractivity contribution in [1.82, 2.24) is 58.1 Å². The third-order valence-electron chi connectivity index (χ3n) is 28.8. The van der Waals surface area contributed by atoms with E-state index in [0.717, 1.165) is 84.2 Å². The number of anilines is 3. The molecule has 0 bridgehead atoms. The minimum absolute atomic E-state index is 0.00829. The van der Waals surface area contributed by atoms with Crippen LogP contribution < -0.4 is 69.9 Å². The molecular weight excluding hydrogens is 1860 g/mol. The van der Waals surface area contributed by atoms with Gasteiger partial charge in [0, 0.05) is 80.4 Å². The Hall–Kier alpha value is -10.7. The van der Waals surface area contributed by atoms with Crippen molar-refractivity contribution in [3.05, 3.63) is 135 Å². The number of hydrazine groups is 2. The van der Waals surface area contributed by atoms with Gasteiger partial charge in [-0.3, -0.25) is 62.8 Å². The van der Waals surface area contributed by atoms with Gasteiger partial charge in [-0.15, -0.1) is 5.53 Å². The van der Waals surface area contributed by atoms with Crippen LogP contribution in [0.25, 0.3) is 0 Å². The Bertz CT molecular complexity index is 5210. The summed E-state index contributed by atoms with van der Waals surface area (Å²) in [5.41, 5.74) is 27.1. The number of hydrogen-bond acceptors (Lipinski definition) is 26. The summed E-state index contributed by atoms with van der Waals surface area (Å²) in [5.74, 6) is 1.20. The van der Waals surface area contributed by atoms with Gasteiger partial charge < -0.3 is 107 Å². The van der Waals surface area contributed by atoms with Gasteiger partial charge in [-0.2, -0.15) is 8.42 Å². The first-order valence-corrected chi connectivity index (χ1v) is 52.4. The molecule has 2 saturated carbocycles. The maximum absolute atomic E-state index is 15.0. The number of nitrogens with two attached hydrogens (primary N) is 2. The van der Waals surface area contributed by atoms with Gasteiger partial charge in [0.2, 0.25) is 59.1 Å². The average Bonchev–Trinajstić information content (AvgIpc) is 0.982. The van der Waals surface area contributed by atoms with Crippen molar-refractivity contribution in [1.29, 1.82) is 0 Å². The molecule has 0 saturated heterocycles. The van der Waals surface area contributed by atoms with Crippen molar-refractivity contribution in [3.63, 3.8) is 0 Å². The zero-order valence-corrected chi connectivity index (χ0v) is 85.0. The molecule has 12 amide bonds. The molecule has 4 aromatic rings. The lowest BCUT2D eigenvalue weighted by Crippen LogP contribution is -2.60. The summed E-state index contributed by atoms with van der Waals surface area (Å²) >= 11 is 0. The van der Waals surface area contributed by atoms with Crippen molar-refractivity contribution >= 4 is 92.3 Å². The number of imide groups is 1. The molecule has 38 nitrogen and oxygen atoms in total. The molecule has 2 heterocycles. The van der Waals surface area contributed by atoms with Crippen LogP contribution in [-0.2, 0) is 131 Å². The summed E-state index contributed by atoms with van der Waals surface area (Å²) in [4.78, 5) is 155. The van der Waals surface area contributed by atoms with Crippen LogP contribution in [0.5, 0.6) is 0 Å². The van der Waals surface area contributed by atoms with E-state index in [1.165, 1.54) is 11.1 Å². The number of unbranched alkanes of at least 4 members (excludes halogenated alkanes) is 1. The number of nitrogens with one attached hydrogen (secondary N) is 10. The van der Waals surface area contributed by atoms with Crippen LogP contribution in [0, 0.1) is 40.4 Å². The zero-order chi connectivity index (χ0) is 103. The third-order valence-corrected chi connectivity index (χ3v) is 29.6. The number of rotatable bonds is 57. The largest absolute Gasteiger partial charge is 0.399 e. The Kier molecular flexibility index (Phi) is 43.7. The minimum atomic E-state index is -4.17. The fourth-order valence-electron chi connectivity index (χ4n) is 21.3. The second-order valence-corrected chi connectivity index (χ2v) is 40.8. The number of urea groups is 1. The Labute approximate surface area is 840 Å². The molecule has 0 spiro atoms. The molecule has 15 N–H and O–H groups in total. The van der Waals surface area contributed by atoms with Crippen LogP contribution in [0.15, 0.2) is 96.3 Å². The van der Waals surface area contributed by atoms with E-state index in [2.05, 4.69) is 91.3 Å². The van der Waals surface area contributed by atoms with E-state index < -0.39 is 104 Å². The van der Waals surface area contributed by atoms with E-state index in [4.69, 9.17) is 58.7 Å². The highest BCUT2D eigenvalue weighted by molar-refractivity contribution is 7.85. The summed E-state index contributed by atoms with van der Waals surface area (Å²) in [6.45, 7) is 18.4. The van der Waals surface area contributed by atoms with Crippen LogP contribution in [0.3, 0.4) is 0 Å². The molecule has 5 aliphatic carbocycles. The van der Waals surface area contributed by atoms with E-state index in [0.29, 0.717) is 134 Å². The number of carbonyl (C=O) groups excluding carboxylic acids is 11. The second-order valence-electron chi connectivity index (χ2n) is 39.2. The smallest absolute Gasteiger partial charge is 0.315 e. The van der Waals surface area contributed by atoms with Crippen molar-refractivity contribution in [2.45, 2.75) is 231 Å². The van der Waals surface area contributed by atoms with Crippen LogP contribution in [0.4, 0.5) is 21.9 Å². The fraction of sp³-hybridized carbons (Fsp3) is 0.625. The highest BCUT2D eigenvalue weighted by Crippen LogP contribution is 2.60. The quantitative estimate of drug-likeness (QED) is 0.00694. The SMILES string of the molecule is CCCN(C(N)=O)C1CCC2=C(NNN2CCOCCOCCOCCOCCC(=O)NCCS(=O)(=O)O)C(OCC(=O)NCCCC[C@@H](NC(=O)CCOCCOCCOCCOCCNC(=O)CCC(=O)N2Cc3ccccc3C#Cc3ccccc32)C(=O)N[C@H](C(=O)NCC(=O)Nc2ccc3c(c2)[C@@]2(C)CCC[C@](C)(C(=O)NC(=O)[C@@]4(C)CCC[C@]5(C)c6cc(N)ccc6CC[C@@H]45)C2CC3)C(C)C)CC1. The summed E-state index contributed by atoms with van der Waals surface area (Å²) < 4.78 is 82.2. The maximum Gasteiger partial charge on any atom is 0.315 e. The van der Waals surface area contributed by atoms with E-state index in [1.807, 2.05) is 98.6 Å². The highest BCUT2D eigenvalue weighted by Gasteiger charge is 2.59. The monoisotopic (exact) mass is 2010 g/mol. The number of ether oxygens (including phenoxy) is 9. The molecule has 39 heteroatoms. The lowest BCUT2D eigenvalue weighted by molar-refractivity contribution is -0.150. The van der Waals surface area contributed by atoms with Crippen molar-refractivity contribution in [2.75, 3.05) is 173 Å². The Morgan fingerprint density at radius 1 is 0.559 bits per heavy atom. The highest BCUT2D eigenvalue weighted by atomic mass is 32.2. The lowest BCUT2D eigenvalue weighted by Gasteiger charge is -2.56. The number of hydrogen-bond donors (Lipinski definition) is 13. The number of aryl methyl sites for hydroxylation is 2. The predicted molar refractivity (Wildman–Crippen MR) is 536 cm³/mol. The maximum atomic E-state index is 15.0. The van der Waals surface area contributed by atoms with Gasteiger partial charge in [-0.25, -0.2) is 4.79 Å². The van der Waals surface area contributed by atoms with E-state index >= 15 is 0 Å². The van der Waals surface area contributed by atoms with Crippen molar-refractivity contribution in [3.8, 4) is 11.8 Å². The first-order valence-electron chi connectivity index (χ1n) is 50.8. The Morgan fingerprint density at radius 2 is 1.12 bits per heavy atom. The average molecular weight is 2010 g/mol. The molecule has 0 aromatic heterocycles. The lowest BCUT2D eigenvalue weighted by atomic mass is 9.49. The van der Waals surface area contributed by atoms with Gasteiger partial charge in [0.05, 0.1) is 159 Å². The summed E-state index contributed by atoms with van der Waals surface area (Å²) in [6.07, 6.45) is 10.7. The molecule has 10 atom stereocenters. The van der Waals surface area contributed by atoms with Gasteiger partial charge >= 0.3 is 6.03 Å². The zero-order valence-electron chi connectivity index (χ0n) is 84.2. The standard InChI is InChI=1S/C104H151N15O23S/c1-8-47-117(100(106)130)79-30-32-84-95(115-116-119(84)48-52-137-56-60-141-64-62-138-57-53-134-49-38-89(121)109-46-65-143(131,132)133)85(33-31-79)142-70-92(124)107-44-14-13-20-82(112-90(122)39-50-135-54-58-139-61-63-140-59-55-136-51-45-108-88(120)36-37-93(125)118-69-76-19-10-9-17-72(76)22-23-75-18-11-12-21-83(75)118)96(126)113-94(71(2)3)97(127)110-68-91(123)111-78-29-25-74-27-35-87-102(5,81(74)67-78)41-16-43-104(87,7)99(129)114-98(128)103(6)42-15-40-101(4)80-66-77(105)28-24-73(80)26-34-86(101)103/h9-12,17-19,21,24-25,28-29,66-67,71,79,82,85-87,94,115-116H,8,13-16,20,26-27,30-65,68-70,105H2,1-7H3,(H2,106,130)(H,107,124)(H,108,120)(H,109,121)(H,110,127)(H,111,123)(H,112,122)(H,113,126)(H,114,128,129)(H,131,132,133)/t79?,82-,85?,86-,87?,94+,101-,102-,103+,104+/m1/s1. The first-order chi connectivity index (χ1) is 68.7. The number of fused-ring (bicyclic) bond motifs is 8. The van der Waals surface area contributed by atoms with E-state index in [1.54, 1.807) is 23.6 Å². The van der Waals surface area contributed by atoms with E-state index in [-0.39, 0.29) is 178 Å². The molecule has 143 heavy (non-hydrogen) atoms. The number of amides is 12. The molecule has 7 aliphatic rings. The van der Waals surface area contributed by atoms with Crippen LogP contribution >= 0.6 is 0 Å². The molecule has 2 fully saturated rings. The third kappa shape index (κ3) is 32.6. The molecule has 2 aliphatic heterocycles. The van der Waals surface area contributed by atoms with Crippen LogP contribution in [0.2, 0.25) is 0 Å². The normalized spacial score (nSPS) is 21.4. The van der Waals surface area contributed by atoms with Crippen LogP contribution in [0.1, 0.15) is 216 Å². The number of primary amides is 1. The Morgan fingerprint density at radius 3 is 1.74 bits per heavy atom. The number of allylic oxidation sites excluding steroid dienone is 1. The van der Waals surface area contributed by atoms with Gasteiger partial charge in [0.25, 0.3) is 10.1 Å². The number of carbonyl (C=O) groups is 11. The summed E-state index contributed by atoms with van der Waals surface area (Å²) in [6, 6.07) is 24.1. The van der Waals surface area contributed by atoms with E-state index in [9.17, 15) is 61.2 Å². The number of nitrogen functional groups attached to an aromatic ring is 1. The van der Waals surface area contributed by atoms with Crippen molar-refractivity contribution in [2.24, 2.45) is 34.3 Å². The number of para-hydroxylation sites is 1. The van der Waals surface area contributed by atoms with Crippen LogP contribution in [-0.4, -0.2) is 270 Å². The Balaban J connectivity index is 0.626. The van der Waals surface area contributed by atoms with Gasteiger partial charge in [-0.1, -0.05) is 116 Å². The topological polar surface area (TPSA) is 507 Å². The second kappa shape index (κ2) is 55.5. The minimum Gasteiger partial charge on any atom is -0.399 e. The van der Waals surface area contributed by atoms with Gasteiger partial charge in [0.1, 0.15) is 24.8 Å². The summed E-state index contributed by atoms with van der Waals surface area (Å²) in [5, 5.41) is 24.5. The fourth-order valence-corrected chi connectivity index (χ4v) is 21.6. The van der Waals surface area contributed by atoms with Gasteiger partial charge in [-0.05, 0) is 202 Å². The molecule has 3 unspecified atom stereocenters. The molecular formula is C104H151N15O23S. The number of nitrogens with zero attached hydrogens (tertiary/aromatic N) is 3.